The van der Waals surface area contributed by atoms with Crippen LogP contribution in [0.3, 0.4) is 0 Å². The van der Waals surface area contributed by atoms with E-state index >= 15 is 0 Å². The molecule has 6 nitrogen and oxygen atoms in total. The third-order valence-electron chi connectivity index (χ3n) is 9.80. The molecule has 1 aliphatic rings. The van der Waals surface area contributed by atoms with Gasteiger partial charge in [0.15, 0.2) is 17.5 Å². The SMILES string of the molecule is C=CC(C(=N/c1csc2ccccc12)/N=C/c1cccc(-c2ccccc2)c1)C1Oc2cccc(-c3nc(-c4ccccc4)nc(-c4ccccc4)n3)c2C1=C. The highest BCUT2D eigenvalue weighted by atomic mass is 32.1. The number of rotatable bonds is 9. The van der Waals surface area contributed by atoms with Crippen molar-refractivity contribution < 1.29 is 4.74 Å². The second kappa shape index (κ2) is 15.3. The smallest absolute Gasteiger partial charge is 0.164 e. The van der Waals surface area contributed by atoms with Gasteiger partial charge in [0.25, 0.3) is 0 Å². The van der Waals surface area contributed by atoms with Gasteiger partial charge in [0.1, 0.15) is 17.7 Å². The maximum atomic E-state index is 6.79. The van der Waals surface area contributed by atoms with Crippen molar-refractivity contribution in [1.29, 1.82) is 0 Å². The first kappa shape index (κ1) is 34.7. The van der Waals surface area contributed by atoms with Gasteiger partial charge in [0, 0.05) is 43.9 Å². The minimum absolute atomic E-state index is 0.451. The number of hydrogen-bond acceptors (Lipinski definition) is 6. The lowest BCUT2D eigenvalue weighted by Gasteiger charge is -2.21. The van der Waals surface area contributed by atoms with Crippen molar-refractivity contribution in [3.8, 4) is 51.0 Å². The molecular weight excluding hydrogens is 707 g/mol. The Kier molecular flexibility index (Phi) is 9.49. The molecule has 2 aromatic heterocycles. The van der Waals surface area contributed by atoms with Gasteiger partial charge in [-0.2, -0.15) is 0 Å². The first-order valence-corrected chi connectivity index (χ1v) is 19.2. The summed E-state index contributed by atoms with van der Waals surface area (Å²) in [5.74, 6) is 2.50. The average molecular weight is 742 g/mol. The van der Waals surface area contributed by atoms with Gasteiger partial charge in [-0.3, -0.25) is 0 Å². The third kappa shape index (κ3) is 6.88. The van der Waals surface area contributed by atoms with Gasteiger partial charge in [-0.25, -0.2) is 24.9 Å². The zero-order valence-electron chi connectivity index (χ0n) is 30.4. The van der Waals surface area contributed by atoms with Crippen molar-refractivity contribution >= 4 is 44.7 Å². The number of nitrogens with zero attached hydrogens (tertiary/aromatic N) is 5. The van der Waals surface area contributed by atoms with Gasteiger partial charge < -0.3 is 4.74 Å². The van der Waals surface area contributed by atoms with Gasteiger partial charge in [-0.1, -0.05) is 152 Å². The molecule has 2 unspecified atom stereocenters. The largest absolute Gasteiger partial charge is 0.484 e. The quantitative estimate of drug-likeness (QED) is 0.0839. The molecule has 9 rings (SSSR count). The predicted octanol–water partition coefficient (Wildman–Crippen LogP) is 12.2. The van der Waals surface area contributed by atoms with Crippen LogP contribution in [0.4, 0.5) is 5.69 Å². The number of ether oxygens (including phenoxy) is 1. The number of thiophene rings is 1. The fourth-order valence-electron chi connectivity index (χ4n) is 7.01. The van der Waals surface area contributed by atoms with Gasteiger partial charge in [-0.05, 0) is 40.5 Å². The van der Waals surface area contributed by atoms with E-state index in [0.29, 0.717) is 29.1 Å². The summed E-state index contributed by atoms with van der Waals surface area (Å²) in [6, 6.07) is 52.8. The monoisotopic (exact) mass is 741 g/mol. The molecule has 0 N–H and O–H groups in total. The number of hydrogen-bond donors (Lipinski definition) is 0. The Morgan fingerprint density at radius 1 is 0.661 bits per heavy atom. The van der Waals surface area contributed by atoms with Crippen LogP contribution < -0.4 is 4.74 Å². The Morgan fingerprint density at radius 2 is 1.27 bits per heavy atom. The predicted molar refractivity (Wildman–Crippen MR) is 232 cm³/mol. The maximum absolute atomic E-state index is 6.79. The van der Waals surface area contributed by atoms with E-state index in [2.05, 4.69) is 54.9 Å². The van der Waals surface area contributed by atoms with Crippen LogP contribution in [-0.2, 0) is 0 Å². The van der Waals surface area contributed by atoms with Crippen LogP contribution >= 0.6 is 11.3 Å². The summed E-state index contributed by atoms with van der Waals surface area (Å²) in [6.45, 7) is 8.93. The van der Waals surface area contributed by atoms with Gasteiger partial charge >= 0.3 is 0 Å². The Morgan fingerprint density at radius 3 is 1.96 bits per heavy atom. The van der Waals surface area contributed by atoms with Crippen molar-refractivity contribution in [3.63, 3.8) is 0 Å². The molecule has 3 heterocycles. The number of aromatic nitrogens is 3. The number of amidine groups is 1. The van der Waals surface area contributed by atoms with Crippen molar-refractivity contribution in [2.45, 2.75) is 6.10 Å². The minimum Gasteiger partial charge on any atom is -0.484 e. The topological polar surface area (TPSA) is 72.6 Å². The van der Waals surface area contributed by atoms with Crippen molar-refractivity contribution in [3.05, 3.63) is 193 Å². The summed E-state index contributed by atoms with van der Waals surface area (Å²) in [4.78, 5) is 25.3. The van der Waals surface area contributed by atoms with Crippen LogP contribution in [-0.4, -0.2) is 33.1 Å². The molecule has 7 heteroatoms. The average Bonchev–Trinajstić information content (AvgIpc) is 3.84. The summed E-state index contributed by atoms with van der Waals surface area (Å²) in [7, 11) is 0. The van der Waals surface area contributed by atoms with Gasteiger partial charge in [0.2, 0.25) is 0 Å². The minimum atomic E-state index is -0.538. The molecule has 0 amide bonds. The zero-order valence-corrected chi connectivity index (χ0v) is 31.2. The zero-order chi connectivity index (χ0) is 37.8. The van der Waals surface area contributed by atoms with Gasteiger partial charge in [0.05, 0.1) is 11.6 Å². The van der Waals surface area contributed by atoms with E-state index in [1.807, 2.05) is 134 Å². The first-order valence-electron chi connectivity index (χ1n) is 18.4. The van der Waals surface area contributed by atoms with Crippen LogP contribution in [0.25, 0.3) is 60.9 Å². The number of fused-ring (bicyclic) bond motifs is 2. The van der Waals surface area contributed by atoms with E-state index in [1.54, 1.807) is 11.3 Å². The van der Waals surface area contributed by atoms with E-state index in [-0.39, 0.29) is 0 Å². The lowest BCUT2D eigenvalue weighted by Crippen LogP contribution is -2.28. The maximum Gasteiger partial charge on any atom is 0.164 e. The molecule has 8 aromatic rings. The lowest BCUT2D eigenvalue weighted by atomic mass is 9.90. The molecule has 0 saturated carbocycles. The number of benzene rings is 6. The lowest BCUT2D eigenvalue weighted by molar-refractivity contribution is 0.256. The van der Waals surface area contributed by atoms with Crippen LogP contribution in [0.2, 0.25) is 0 Å². The van der Waals surface area contributed by atoms with Crippen LogP contribution in [0.15, 0.2) is 192 Å². The molecule has 6 aromatic carbocycles. The summed E-state index contributed by atoms with van der Waals surface area (Å²) in [5, 5.41) is 3.14. The molecule has 1 aliphatic heterocycles. The van der Waals surface area contributed by atoms with Crippen LogP contribution in [0.5, 0.6) is 5.75 Å². The summed E-state index contributed by atoms with van der Waals surface area (Å²) < 4.78 is 7.94. The Bertz CT molecular complexity index is 2720. The molecule has 2 atom stereocenters. The summed E-state index contributed by atoms with van der Waals surface area (Å²) in [6.07, 6.45) is 3.19. The highest BCUT2D eigenvalue weighted by molar-refractivity contribution is 7.17. The summed E-state index contributed by atoms with van der Waals surface area (Å²) >= 11 is 1.66. The normalized spacial score (nSPS) is 14.5. The van der Waals surface area contributed by atoms with E-state index in [9.17, 15) is 0 Å². The number of aliphatic imine (C=N–C) groups is 2. The van der Waals surface area contributed by atoms with Crippen LogP contribution in [0.1, 0.15) is 11.1 Å². The fourth-order valence-corrected chi connectivity index (χ4v) is 7.89. The first-order chi connectivity index (χ1) is 27.6. The highest BCUT2D eigenvalue weighted by Crippen LogP contribution is 2.45. The van der Waals surface area contributed by atoms with E-state index in [4.69, 9.17) is 29.7 Å². The van der Waals surface area contributed by atoms with E-state index in [1.165, 1.54) is 0 Å². The second-order valence-corrected chi connectivity index (χ2v) is 14.3. The third-order valence-corrected chi connectivity index (χ3v) is 10.7. The van der Waals surface area contributed by atoms with Crippen LogP contribution in [0, 0.1) is 5.92 Å². The highest BCUT2D eigenvalue weighted by Gasteiger charge is 2.37. The molecule has 0 spiro atoms. The Balaban J connectivity index is 1.12. The molecule has 0 saturated heterocycles. The molecule has 0 aliphatic carbocycles. The Labute approximate surface area is 329 Å². The van der Waals surface area contributed by atoms with E-state index < -0.39 is 12.0 Å². The molecule has 0 bridgehead atoms. The fraction of sp³-hybridized carbons (Fsp3) is 0.0408. The molecule has 268 valence electrons. The molecular formula is C49H35N5OS. The van der Waals surface area contributed by atoms with E-state index in [0.717, 1.165) is 60.3 Å². The molecule has 0 fully saturated rings. The van der Waals surface area contributed by atoms with Crippen molar-refractivity contribution in [2.75, 3.05) is 0 Å². The summed E-state index contributed by atoms with van der Waals surface area (Å²) in [5.41, 5.74) is 8.25. The Hall–Kier alpha value is -7.09. The van der Waals surface area contributed by atoms with Crippen molar-refractivity contribution in [2.24, 2.45) is 15.9 Å². The van der Waals surface area contributed by atoms with Gasteiger partial charge in [-0.15, -0.1) is 17.9 Å². The molecule has 0 radical (unpaired) electrons. The molecule has 56 heavy (non-hydrogen) atoms. The van der Waals surface area contributed by atoms with Crippen molar-refractivity contribution in [1.82, 2.24) is 15.0 Å². The second-order valence-electron chi connectivity index (χ2n) is 13.4. The standard InChI is InChI=1S/C49H35N5OS/c1-3-38(48(51-41-31-56-43-28-14-13-25-39(41)43)50-30-33-17-15-24-37(29-33)34-18-7-4-8-19-34)45-32(2)44-40(26-16-27-42(44)55-45)49-53-46(35-20-9-5-10-21-35)52-47(54-49)36-22-11-6-12-23-36/h3-31,38,45H,1-2H2/b50-30+,51-48-.